The van der Waals surface area contributed by atoms with Gasteiger partial charge in [0.1, 0.15) is 36.8 Å². The Kier molecular flexibility index (Phi) is 6.99. The Morgan fingerprint density at radius 1 is 0.931 bits per heavy atom. The largest absolute Gasteiger partial charge is 0.497 e. The molecule has 0 amide bonds. The maximum atomic E-state index is 13.0. The third kappa shape index (κ3) is 6.58. The van der Waals surface area contributed by atoms with Crippen molar-refractivity contribution in [3.63, 3.8) is 0 Å². The van der Waals surface area contributed by atoms with Gasteiger partial charge in [-0.25, -0.2) is 0 Å². The summed E-state index contributed by atoms with van der Waals surface area (Å²) in [7, 11) is 1.39. The molecule has 1 aliphatic carbocycles. The van der Waals surface area contributed by atoms with E-state index in [4.69, 9.17) is 14.2 Å². The zero-order valence-electron chi connectivity index (χ0n) is 15.1. The fraction of sp³-hybridized carbons (Fsp3) is 0.316. The average molecular weight is 422 g/mol. The Hall–Kier alpha value is -2.91. The van der Waals surface area contributed by atoms with E-state index < -0.39 is 29.9 Å². The van der Waals surface area contributed by atoms with Crippen molar-refractivity contribution < 1.29 is 45.3 Å². The predicted molar refractivity (Wildman–Crippen MR) is 90.8 cm³/mol. The van der Waals surface area contributed by atoms with Crippen LogP contribution in [-0.4, -0.2) is 39.0 Å². The number of methoxy groups -OCH3 is 1. The topological polar surface area (TPSA) is 44.8 Å². The Labute approximate surface area is 162 Å². The van der Waals surface area contributed by atoms with Crippen LogP contribution < -0.4 is 9.47 Å². The Morgan fingerprint density at radius 2 is 1.59 bits per heavy atom. The molecule has 1 aliphatic rings. The normalized spacial score (nSPS) is 14.9. The average Bonchev–Trinajstić information content (AvgIpc) is 2.87. The number of rotatable bonds is 7. The Morgan fingerprint density at radius 3 is 2.17 bits per heavy atom. The zero-order valence-corrected chi connectivity index (χ0v) is 15.1. The Bertz CT molecular complexity index is 834. The smallest absolute Gasteiger partial charge is 0.416 e. The quantitative estimate of drug-likeness (QED) is 0.346. The van der Waals surface area contributed by atoms with Crippen LogP contribution in [0.2, 0.25) is 0 Å². The molecular weight excluding hydrogens is 406 g/mol. The summed E-state index contributed by atoms with van der Waals surface area (Å²) in [5.41, 5.74) is -2.50. The minimum absolute atomic E-state index is 0.0700. The molecule has 158 valence electrons. The van der Waals surface area contributed by atoms with Gasteiger partial charge in [-0.1, -0.05) is 0 Å². The summed E-state index contributed by atoms with van der Waals surface area (Å²) in [5.74, 6) is 0.272. The van der Waals surface area contributed by atoms with Crippen LogP contribution >= 0.6 is 0 Å². The molecule has 0 atom stereocenters. The highest BCUT2D eigenvalue weighted by Gasteiger charge is 2.39. The molecule has 29 heavy (non-hydrogen) atoms. The van der Waals surface area contributed by atoms with Crippen LogP contribution in [0.3, 0.4) is 0 Å². The van der Waals surface area contributed by atoms with Crippen molar-refractivity contribution in [3.8, 4) is 11.5 Å². The van der Waals surface area contributed by atoms with Crippen molar-refractivity contribution >= 4 is 6.29 Å². The molecule has 1 aromatic rings. The van der Waals surface area contributed by atoms with Gasteiger partial charge < -0.3 is 14.2 Å². The van der Waals surface area contributed by atoms with E-state index in [0.29, 0.717) is 18.1 Å². The van der Waals surface area contributed by atoms with Gasteiger partial charge in [-0.2, -0.15) is 26.3 Å². The van der Waals surface area contributed by atoms with Crippen molar-refractivity contribution in [3.05, 3.63) is 58.9 Å². The summed E-state index contributed by atoms with van der Waals surface area (Å²) in [6, 6.07) is 4.38. The number of halogens is 6. The molecule has 1 aromatic carbocycles. The molecule has 0 unspecified atom stereocenters. The first-order valence-electron chi connectivity index (χ1n) is 8.19. The molecule has 0 radical (unpaired) electrons. The van der Waals surface area contributed by atoms with Gasteiger partial charge >= 0.3 is 12.4 Å². The van der Waals surface area contributed by atoms with E-state index in [0.717, 1.165) is 6.08 Å². The van der Waals surface area contributed by atoms with Gasteiger partial charge in [-0.05, 0) is 36.8 Å². The molecule has 0 saturated heterocycles. The summed E-state index contributed by atoms with van der Waals surface area (Å²) in [5, 5.41) is 0. The lowest BCUT2D eigenvalue weighted by molar-refractivity contribution is -0.0963. The number of allylic oxidation sites excluding steroid dienone is 5. The first kappa shape index (κ1) is 22.4. The molecule has 0 N–H and O–H groups in total. The van der Waals surface area contributed by atoms with E-state index >= 15 is 0 Å². The summed E-state index contributed by atoms with van der Waals surface area (Å²) < 4.78 is 93.0. The van der Waals surface area contributed by atoms with E-state index in [-0.39, 0.29) is 36.4 Å². The number of hydrogen-bond acceptors (Lipinski definition) is 4. The lowest BCUT2D eigenvalue weighted by atomic mass is 10.1. The third-order valence-electron chi connectivity index (χ3n) is 3.74. The van der Waals surface area contributed by atoms with Crippen molar-refractivity contribution in [1.82, 2.24) is 0 Å². The standard InChI is InChI=1S/C19H16F6O4/c1-27-16-6-12(11-26)7-17(10-16)29-5-4-28-15-3-2-13(18(20,21)22)8-14(9-15)19(23,24)25/h3,6-11H,2,4-5H2,1H3. The van der Waals surface area contributed by atoms with E-state index in [9.17, 15) is 31.1 Å². The fourth-order valence-corrected chi connectivity index (χ4v) is 2.35. The number of hydrogen-bond donors (Lipinski definition) is 0. The molecule has 0 heterocycles. The second-order valence-corrected chi connectivity index (χ2v) is 5.83. The first-order chi connectivity index (χ1) is 13.5. The van der Waals surface area contributed by atoms with Gasteiger partial charge in [0, 0.05) is 17.2 Å². The highest BCUT2D eigenvalue weighted by molar-refractivity contribution is 5.76. The van der Waals surface area contributed by atoms with Gasteiger partial charge in [-0.15, -0.1) is 0 Å². The van der Waals surface area contributed by atoms with Crippen LogP contribution in [0.5, 0.6) is 11.5 Å². The summed E-state index contributed by atoms with van der Waals surface area (Å²) in [4.78, 5) is 10.9. The van der Waals surface area contributed by atoms with Crippen LogP contribution in [-0.2, 0) is 4.74 Å². The lowest BCUT2D eigenvalue weighted by Gasteiger charge is -2.12. The van der Waals surface area contributed by atoms with Crippen LogP contribution in [0.15, 0.2) is 53.3 Å². The van der Waals surface area contributed by atoms with Crippen LogP contribution in [0, 0.1) is 0 Å². The lowest BCUT2D eigenvalue weighted by Crippen LogP contribution is -2.15. The summed E-state index contributed by atoms with van der Waals surface area (Å²) >= 11 is 0. The van der Waals surface area contributed by atoms with Crippen molar-refractivity contribution in [1.29, 1.82) is 0 Å². The van der Waals surface area contributed by atoms with Gasteiger partial charge in [0.15, 0.2) is 0 Å². The monoisotopic (exact) mass is 422 g/mol. The molecule has 0 bridgehead atoms. The number of carbonyl (C=O) groups is 1. The van der Waals surface area contributed by atoms with E-state index in [2.05, 4.69) is 0 Å². The highest BCUT2D eigenvalue weighted by atomic mass is 19.4. The van der Waals surface area contributed by atoms with Gasteiger partial charge in [-0.3, -0.25) is 4.79 Å². The second kappa shape index (κ2) is 9.06. The molecule has 2 rings (SSSR count). The molecule has 0 aromatic heterocycles. The molecule has 0 saturated carbocycles. The van der Waals surface area contributed by atoms with Gasteiger partial charge in [0.25, 0.3) is 0 Å². The van der Waals surface area contributed by atoms with Gasteiger partial charge in [0.2, 0.25) is 0 Å². The molecule has 4 nitrogen and oxygen atoms in total. The SMILES string of the molecule is COc1cc(C=O)cc(OCCOC2=CCC(C(F)(F)F)=CC(C(F)(F)F)=C2)c1. The van der Waals surface area contributed by atoms with Crippen LogP contribution in [0.4, 0.5) is 26.3 Å². The maximum absolute atomic E-state index is 13.0. The van der Waals surface area contributed by atoms with Gasteiger partial charge in [0.05, 0.1) is 12.7 Å². The Balaban J connectivity index is 2.03. The number of aldehydes is 1. The van der Waals surface area contributed by atoms with E-state index in [1.54, 1.807) is 0 Å². The molecule has 0 aliphatic heterocycles. The third-order valence-corrected chi connectivity index (χ3v) is 3.74. The minimum atomic E-state index is -4.97. The number of alkyl halides is 6. The molecule has 10 heteroatoms. The van der Waals surface area contributed by atoms with Crippen molar-refractivity contribution in [2.75, 3.05) is 20.3 Å². The van der Waals surface area contributed by atoms with Crippen molar-refractivity contribution in [2.45, 2.75) is 18.8 Å². The predicted octanol–water partition coefficient (Wildman–Crippen LogP) is 5.17. The number of ether oxygens (including phenoxy) is 3. The second-order valence-electron chi connectivity index (χ2n) is 5.83. The number of benzene rings is 1. The minimum Gasteiger partial charge on any atom is -0.497 e. The first-order valence-corrected chi connectivity index (χ1v) is 8.19. The van der Waals surface area contributed by atoms with Crippen molar-refractivity contribution in [2.24, 2.45) is 0 Å². The molecule has 0 spiro atoms. The maximum Gasteiger partial charge on any atom is 0.416 e. The summed E-state index contributed by atoms with van der Waals surface area (Å²) in [6.45, 7) is -0.361. The fourth-order valence-electron chi connectivity index (χ4n) is 2.35. The van der Waals surface area contributed by atoms with Crippen LogP contribution in [0.1, 0.15) is 16.8 Å². The number of carbonyl (C=O) groups excluding carboxylic acids is 1. The van der Waals surface area contributed by atoms with Crippen LogP contribution in [0.25, 0.3) is 0 Å². The van der Waals surface area contributed by atoms with E-state index in [1.807, 2.05) is 0 Å². The summed E-state index contributed by atoms with van der Waals surface area (Å²) in [6.07, 6.45) is -8.53. The highest BCUT2D eigenvalue weighted by Crippen LogP contribution is 2.36. The zero-order chi connectivity index (χ0) is 21.7. The van der Waals surface area contributed by atoms with E-state index in [1.165, 1.54) is 25.3 Å². The molecular formula is C19H16F6O4. The molecule has 0 fully saturated rings.